The highest BCUT2D eigenvalue weighted by Crippen LogP contribution is 2.21. The van der Waals surface area contributed by atoms with Crippen molar-refractivity contribution in [3.8, 4) is 17.0 Å². The Morgan fingerprint density at radius 2 is 1.71 bits per heavy atom. The fourth-order valence-corrected chi connectivity index (χ4v) is 2.26. The van der Waals surface area contributed by atoms with Gasteiger partial charge in [0.15, 0.2) is 0 Å². The molecule has 2 nitrogen and oxygen atoms in total. The second kappa shape index (κ2) is 8.46. The summed E-state index contributed by atoms with van der Waals surface area (Å²) in [7, 11) is 0. The molecule has 0 aliphatic carbocycles. The van der Waals surface area contributed by atoms with Gasteiger partial charge in [-0.05, 0) is 55.2 Å². The summed E-state index contributed by atoms with van der Waals surface area (Å²) in [6.07, 6.45) is 7.97. The number of unbranched alkanes of at least 4 members (excludes halogenated alkanes) is 2. The van der Waals surface area contributed by atoms with Crippen LogP contribution in [-0.2, 0) is 6.42 Å². The number of pyridine rings is 1. The van der Waals surface area contributed by atoms with Gasteiger partial charge in [-0.3, -0.25) is 4.98 Å². The number of rotatable bonds is 8. The van der Waals surface area contributed by atoms with E-state index in [9.17, 15) is 0 Å². The van der Waals surface area contributed by atoms with Crippen molar-refractivity contribution in [2.24, 2.45) is 0 Å². The van der Waals surface area contributed by atoms with E-state index in [2.05, 4.69) is 43.1 Å². The van der Waals surface area contributed by atoms with E-state index < -0.39 is 0 Å². The van der Waals surface area contributed by atoms with Crippen LogP contribution in [0.2, 0.25) is 0 Å². The van der Waals surface area contributed by atoms with Gasteiger partial charge in [0, 0.05) is 11.8 Å². The lowest BCUT2D eigenvalue weighted by molar-refractivity contribution is 0.317. The van der Waals surface area contributed by atoms with Crippen molar-refractivity contribution in [1.29, 1.82) is 0 Å². The van der Waals surface area contributed by atoms with Crippen LogP contribution in [0.15, 0.2) is 42.6 Å². The molecule has 1 aromatic heterocycles. The van der Waals surface area contributed by atoms with Crippen LogP contribution in [0.3, 0.4) is 0 Å². The zero-order valence-corrected chi connectivity index (χ0v) is 13.1. The minimum atomic E-state index is 0.768. The minimum absolute atomic E-state index is 0.768. The maximum atomic E-state index is 5.60. The molecule has 0 saturated heterocycles. The number of aryl methyl sites for hydroxylation is 1. The van der Waals surface area contributed by atoms with E-state index in [1.54, 1.807) is 0 Å². The number of hydrogen-bond donors (Lipinski definition) is 0. The first kappa shape index (κ1) is 15.6. The molecule has 0 fully saturated rings. The Balaban J connectivity index is 1.97. The van der Waals surface area contributed by atoms with E-state index in [0.717, 1.165) is 36.5 Å². The normalized spacial score (nSPS) is 10.6. The maximum absolute atomic E-state index is 5.60. The molecule has 1 aromatic carbocycles. The lowest BCUT2D eigenvalue weighted by Gasteiger charge is -2.06. The van der Waals surface area contributed by atoms with Gasteiger partial charge in [0.05, 0.1) is 12.3 Å². The van der Waals surface area contributed by atoms with Gasteiger partial charge in [-0.2, -0.15) is 0 Å². The van der Waals surface area contributed by atoms with E-state index in [1.165, 1.54) is 24.8 Å². The quantitative estimate of drug-likeness (QED) is 0.616. The maximum Gasteiger partial charge on any atom is 0.119 e. The molecule has 0 saturated carbocycles. The number of hydrogen-bond acceptors (Lipinski definition) is 2. The second-order valence-corrected chi connectivity index (χ2v) is 5.38. The smallest absolute Gasteiger partial charge is 0.119 e. The Morgan fingerprint density at radius 1 is 0.905 bits per heavy atom. The molecule has 0 amide bonds. The highest BCUT2D eigenvalue weighted by Gasteiger charge is 2.01. The van der Waals surface area contributed by atoms with E-state index in [1.807, 2.05) is 18.3 Å². The van der Waals surface area contributed by atoms with Crippen LogP contribution in [0.1, 0.15) is 45.1 Å². The van der Waals surface area contributed by atoms with Crippen molar-refractivity contribution >= 4 is 0 Å². The van der Waals surface area contributed by atoms with Crippen LogP contribution < -0.4 is 4.74 Å². The molecule has 112 valence electrons. The summed E-state index contributed by atoms with van der Waals surface area (Å²) in [5, 5.41) is 0. The largest absolute Gasteiger partial charge is 0.494 e. The standard InChI is InChI=1S/C19H25NO/c1-3-5-6-7-16-8-13-19(20-15-16)17-9-11-18(12-10-17)21-14-4-2/h8-13,15H,3-7,14H2,1-2H3. The highest BCUT2D eigenvalue weighted by atomic mass is 16.5. The molecular weight excluding hydrogens is 258 g/mol. The van der Waals surface area contributed by atoms with Crippen molar-refractivity contribution in [1.82, 2.24) is 4.98 Å². The zero-order chi connectivity index (χ0) is 14.9. The molecule has 1 heterocycles. The molecule has 0 N–H and O–H groups in total. The third-order valence-electron chi connectivity index (χ3n) is 3.52. The fraction of sp³-hybridized carbons (Fsp3) is 0.421. The monoisotopic (exact) mass is 283 g/mol. The van der Waals surface area contributed by atoms with Crippen LogP contribution >= 0.6 is 0 Å². The van der Waals surface area contributed by atoms with Gasteiger partial charge in [-0.1, -0.05) is 32.8 Å². The van der Waals surface area contributed by atoms with E-state index >= 15 is 0 Å². The van der Waals surface area contributed by atoms with Gasteiger partial charge < -0.3 is 4.74 Å². The predicted octanol–water partition coefficient (Wildman–Crippen LogP) is 5.27. The minimum Gasteiger partial charge on any atom is -0.494 e. The van der Waals surface area contributed by atoms with Gasteiger partial charge in [0.1, 0.15) is 5.75 Å². The lowest BCUT2D eigenvalue weighted by Crippen LogP contribution is -1.94. The fourth-order valence-electron chi connectivity index (χ4n) is 2.26. The summed E-state index contributed by atoms with van der Waals surface area (Å²) in [5.74, 6) is 0.928. The van der Waals surface area contributed by atoms with Crippen LogP contribution in [0, 0.1) is 0 Å². The molecular formula is C19H25NO. The molecule has 0 aliphatic rings. The van der Waals surface area contributed by atoms with Gasteiger partial charge in [-0.25, -0.2) is 0 Å². The Kier molecular flexibility index (Phi) is 6.26. The molecule has 0 radical (unpaired) electrons. The summed E-state index contributed by atoms with van der Waals surface area (Å²) in [4.78, 5) is 4.58. The number of aromatic nitrogens is 1. The summed E-state index contributed by atoms with van der Waals surface area (Å²) in [6.45, 7) is 5.11. The number of benzene rings is 1. The Hall–Kier alpha value is -1.83. The molecule has 2 heteroatoms. The molecule has 2 aromatic rings. The van der Waals surface area contributed by atoms with Gasteiger partial charge in [0.25, 0.3) is 0 Å². The van der Waals surface area contributed by atoms with Crippen molar-refractivity contribution in [2.75, 3.05) is 6.61 Å². The van der Waals surface area contributed by atoms with Gasteiger partial charge in [0.2, 0.25) is 0 Å². The topological polar surface area (TPSA) is 22.1 Å². The third-order valence-corrected chi connectivity index (χ3v) is 3.52. The second-order valence-electron chi connectivity index (χ2n) is 5.38. The first-order chi connectivity index (χ1) is 10.3. The van der Waals surface area contributed by atoms with Crippen LogP contribution in [0.5, 0.6) is 5.75 Å². The van der Waals surface area contributed by atoms with Crippen LogP contribution in [-0.4, -0.2) is 11.6 Å². The summed E-state index contributed by atoms with van der Waals surface area (Å²) in [5.41, 5.74) is 3.49. The summed E-state index contributed by atoms with van der Waals surface area (Å²) < 4.78 is 5.60. The van der Waals surface area contributed by atoms with Crippen molar-refractivity contribution in [3.05, 3.63) is 48.2 Å². The summed E-state index contributed by atoms with van der Waals surface area (Å²) in [6, 6.07) is 12.5. The molecule has 0 spiro atoms. The first-order valence-corrected chi connectivity index (χ1v) is 8.01. The molecule has 0 bridgehead atoms. The summed E-state index contributed by atoms with van der Waals surface area (Å²) >= 11 is 0. The average molecular weight is 283 g/mol. The van der Waals surface area contributed by atoms with Crippen molar-refractivity contribution in [3.63, 3.8) is 0 Å². The van der Waals surface area contributed by atoms with Crippen molar-refractivity contribution < 1.29 is 4.74 Å². The first-order valence-electron chi connectivity index (χ1n) is 8.01. The lowest BCUT2D eigenvalue weighted by atomic mass is 10.1. The van der Waals surface area contributed by atoms with E-state index in [-0.39, 0.29) is 0 Å². The highest BCUT2D eigenvalue weighted by molar-refractivity contribution is 5.60. The van der Waals surface area contributed by atoms with Crippen LogP contribution in [0.25, 0.3) is 11.3 Å². The molecule has 0 unspecified atom stereocenters. The van der Waals surface area contributed by atoms with Gasteiger partial charge >= 0.3 is 0 Å². The molecule has 0 atom stereocenters. The van der Waals surface area contributed by atoms with E-state index in [0.29, 0.717) is 0 Å². The average Bonchev–Trinajstić information content (AvgIpc) is 2.54. The Labute approximate surface area is 128 Å². The Morgan fingerprint density at radius 3 is 2.33 bits per heavy atom. The Bertz CT molecular complexity index is 516. The third kappa shape index (κ3) is 4.89. The van der Waals surface area contributed by atoms with Crippen molar-refractivity contribution in [2.45, 2.75) is 46.0 Å². The molecule has 0 aliphatic heterocycles. The molecule has 21 heavy (non-hydrogen) atoms. The predicted molar refractivity (Wildman–Crippen MR) is 88.7 cm³/mol. The van der Waals surface area contributed by atoms with E-state index in [4.69, 9.17) is 4.74 Å². The number of ether oxygens (including phenoxy) is 1. The number of nitrogens with zero attached hydrogens (tertiary/aromatic N) is 1. The van der Waals surface area contributed by atoms with Gasteiger partial charge in [-0.15, -0.1) is 0 Å². The van der Waals surface area contributed by atoms with Crippen LogP contribution in [0.4, 0.5) is 0 Å². The molecule has 2 rings (SSSR count). The zero-order valence-electron chi connectivity index (χ0n) is 13.1. The SMILES string of the molecule is CCCCCc1ccc(-c2ccc(OCCC)cc2)nc1.